The van der Waals surface area contributed by atoms with Gasteiger partial charge in [-0.05, 0) is 18.6 Å². The number of benzene rings is 2. The normalized spacial score (nSPS) is 10.0. The third-order valence-corrected chi connectivity index (χ3v) is 2.75. The summed E-state index contributed by atoms with van der Waals surface area (Å²) in [5.41, 5.74) is 1.38. The SMILES string of the molecule is Cc1ccc2c(NC(=O)CC#N)cccc2c1O. The van der Waals surface area contributed by atoms with Crippen LogP contribution in [0.15, 0.2) is 30.3 Å². The molecule has 0 fully saturated rings. The number of hydrogen-bond donors (Lipinski definition) is 2. The van der Waals surface area contributed by atoms with E-state index in [9.17, 15) is 9.90 Å². The Morgan fingerprint density at radius 3 is 2.83 bits per heavy atom. The number of nitrogens with zero attached hydrogens (tertiary/aromatic N) is 1. The van der Waals surface area contributed by atoms with E-state index in [4.69, 9.17) is 5.26 Å². The summed E-state index contributed by atoms with van der Waals surface area (Å²) in [7, 11) is 0. The van der Waals surface area contributed by atoms with E-state index in [-0.39, 0.29) is 18.1 Å². The molecule has 0 unspecified atom stereocenters. The van der Waals surface area contributed by atoms with E-state index in [2.05, 4.69) is 5.32 Å². The van der Waals surface area contributed by atoms with Crippen molar-refractivity contribution >= 4 is 22.4 Å². The molecule has 2 aromatic rings. The highest BCUT2D eigenvalue weighted by Crippen LogP contribution is 2.32. The number of nitrogens with one attached hydrogen (secondary N) is 1. The Hall–Kier alpha value is -2.54. The number of amides is 1. The van der Waals surface area contributed by atoms with Gasteiger partial charge in [0, 0.05) is 16.5 Å². The smallest absolute Gasteiger partial charge is 0.238 e. The number of anilines is 1. The average Bonchev–Trinajstić information content (AvgIpc) is 2.35. The first-order valence-corrected chi connectivity index (χ1v) is 5.51. The molecule has 2 aromatic carbocycles. The molecule has 4 nitrogen and oxygen atoms in total. The minimum absolute atomic E-state index is 0.186. The predicted molar refractivity (Wildman–Crippen MR) is 69.2 cm³/mol. The molecule has 2 rings (SSSR count). The van der Waals surface area contributed by atoms with Crippen LogP contribution in [-0.2, 0) is 4.79 Å². The summed E-state index contributed by atoms with van der Waals surface area (Å²) in [5.74, 6) is -0.144. The Kier molecular flexibility index (Phi) is 3.16. The lowest BCUT2D eigenvalue weighted by Gasteiger charge is -2.09. The van der Waals surface area contributed by atoms with Gasteiger partial charge in [0.1, 0.15) is 12.2 Å². The van der Waals surface area contributed by atoms with Gasteiger partial charge in [-0.15, -0.1) is 0 Å². The van der Waals surface area contributed by atoms with Crippen molar-refractivity contribution in [3.63, 3.8) is 0 Å². The molecule has 0 aliphatic carbocycles. The highest BCUT2D eigenvalue weighted by molar-refractivity contribution is 6.04. The first-order valence-electron chi connectivity index (χ1n) is 5.51. The van der Waals surface area contributed by atoms with Crippen LogP contribution in [0.3, 0.4) is 0 Å². The van der Waals surface area contributed by atoms with Crippen LogP contribution >= 0.6 is 0 Å². The van der Waals surface area contributed by atoms with Crippen molar-refractivity contribution in [2.75, 3.05) is 5.32 Å². The van der Waals surface area contributed by atoms with Gasteiger partial charge in [0.2, 0.25) is 5.91 Å². The van der Waals surface area contributed by atoms with Crippen LogP contribution < -0.4 is 5.32 Å². The molecule has 0 aromatic heterocycles. The molecule has 4 heteroatoms. The molecule has 0 saturated carbocycles. The van der Waals surface area contributed by atoms with Gasteiger partial charge in [-0.2, -0.15) is 5.26 Å². The maximum absolute atomic E-state index is 11.4. The molecule has 0 aliphatic heterocycles. The summed E-state index contributed by atoms with van der Waals surface area (Å²) in [4.78, 5) is 11.4. The van der Waals surface area contributed by atoms with E-state index in [0.29, 0.717) is 11.1 Å². The second-order valence-corrected chi connectivity index (χ2v) is 4.01. The van der Waals surface area contributed by atoms with E-state index >= 15 is 0 Å². The van der Waals surface area contributed by atoms with Crippen LogP contribution in [-0.4, -0.2) is 11.0 Å². The number of aromatic hydroxyl groups is 1. The zero-order valence-corrected chi connectivity index (χ0v) is 9.90. The monoisotopic (exact) mass is 240 g/mol. The van der Waals surface area contributed by atoms with Gasteiger partial charge in [0.15, 0.2) is 0 Å². The van der Waals surface area contributed by atoms with Crippen LogP contribution in [0.4, 0.5) is 5.69 Å². The van der Waals surface area contributed by atoms with Crippen molar-refractivity contribution in [2.24, 2.45) is 0 Å². The van der Waals surface area contributed by atoms with Crippen molar-refractivity contribution in [3.05, 3.63) is 35.9 Å². The standard InChI is InChI=1S/C14H12N2O2/c1-9-5-6-10-11(14(9)18)3-2-4-12(10)16-13(17)7-8-15/h2-6,18H,7H2,1H3,(H,16,17). The Balaban J connectivity index is 2.50. The van der Waals surface area contributed by atoms with E-state index in [1.165, 1.54) is 0 Å². The first-order chi connectivity index (χ1) is 8.63. The molecule has 0 aliphatic rings. The summed E-state index contributed by atoms with van der Waals surface area (Å²) in [5, 5.41) is 22.5. The third kappa shape index (κ3) is 2.11. The first kappa shape index (κ1) is 11.9. The molecule has 0 spiro atoms. The van der Waals surface area contributed by atoms with E-state index in [0.717, 1.165) is 10.9 Å². The largest absolute Gasteiger partial charge is 0.507 e. The number of carbonyl (C=O) groups is 1. The summed E-state index contributed by atoms with van der Waals surface area (Å²) in [6.07, 6.45) is -0.186. The predicted octanol–water partition coefficient (Wildman–Crippen LogP) is 2.71. The Morgan fingerprint density at radius 1 is 1.33 bits per heavy atom. The quantitative estimate of drug-likeness (QED) is 0.847. The number of nitriles is 1. The zero-order valence-electron chi connectivity index (χ0n) is 9.90. The molecule has 0 bridgehead atoms. The molecule has 90 valence electrons. The fourth-order valence-corrected chi connectivity index (χ4v) is 1.83. The van der Waals surface area contributed by atoms with Gasteiger partial charge in [0.05, 0.1) is 6.07 Å². The lowest BCUT2D eigenvalue weighted by molar-refractivity contribution is -0.115. The van der Waals surface area contributed by atoms with Crippen molar-refractivity contribution in [3.8, 4) is 11.8 Å². The number of phenolic OH excluding ortho intramolecular Hbond substituents is 1. The molecule has 0 heterocycles. The molecule has 1 amide bonds. The maximum Gasteiger partial charge on any atom is 0.238 e. The van der Waals surface area contributed by atoms with Crippen molar-refractivity contribution in [1.82, 2.24) is 0 Å². The number of rotatable bonds is 2. The summed E-state index contributed by atoms with van der Waals surface area (Å²) < 4.78 is 0. The van der Waals surface area contributed by atoms with Crippen LogP contribution in [0.1, 0.15) is 12.0 Å². The van der Waals surface area contributed by atoms with Gasteiger partial charge in [0.25, 0.3) is 0 Å². The number of aryl methyl sites for hydroxylation is 1. The van der Waals surface area contributed by atoms with Crippen molar-refractivity contribution in [2.45, 2.75) is 13.3 Å². The van der Waals surface area contributed by atoms with Crippen LogP contribution in [0.25, 0.3) is 10.8 Å². The van der Waals surface area contributed by atoms with Gasteiger partial charge in [-0.3, -0.25) is 4.79 Å². The van der Waals surface area contributed by atoms with Gasteiger partial charge >= 0.3 is 0 Å². The average molecular weight is 240 g/mol. The van der Waals surface area contributed by atoms with Crippen molar-refractivity contribution < 1.29 is 9.90 Å². The second kappa shape index (κ2) is 4.76. The van der Waals surface area contributed by atoms with E-state index in [1.54, 1.807) is 30.3 Å². The van der Waals surface area contributed by atoms with E-state index < -0.39 is 0 Å². The lowest BCUT2D eigenvalue weighted by Crippen LogP contribution is -2.10. The Morgan fingerprint density at radius 2 is 2.11 bits per heavy atom. The molecule has 2 N–H and O–H groups in total. The fraction of sp³-hybridized carbons (Fsp3) is 0.143. The topological polar surface area (TPSA) is 73.1 Å². The Labute approximate surface area is 104 Å². The minimum Gasteiger partial charge on any atom is -0.507 e. The highest BCUT2D eigenvalue weighted by Gasteiger charge is 2.08. The lowest BCUT2D eigenvalue weighted by atomic mass is 10.0. The number of phenols is 1. The van der Waals surface area contributed by atoms with Crippen LogP contribution in [0.2, 0.25) is 0 Å². The molecule has 0 saturated heterocycles. The summed E-state index contributed by atoms with van der Waals surface area (Å²) in [6.45, 7) is 1.82. The van der Waals surface area contributed by atoms with Crippen molar-refractivity contribution in [1.29, 1.82) is 5.26 Å². The number of fused-ring (bicyclic) bond motifs is 1. The highest BCUT2D eigenvalue weighted by atomic mass is 16.3. The summed E-state index contributed by atoms with van der Waals surface area (Å²) in [6, 6.07) is 10.7. The van der Waals surface area contributed by atoms with Gasteiger partial charge < -0.3 is 10.4 Å². The second-order valence-electron chi connectivity index (χ2n) is 4.01. The van der Waals surface area contributed by atoms with E-state index in [1.807, 2.05) is 13.0 Å². The number of carbonyl (C=O) groups excluding carboxylic acids is 1. The Bertz CT molecular complexity index is 657. The fourth-order valence-electron chi connectivity index (χ4n) is 1.83. The van der Waals surface area contributed by atoms with Gasteiger partial charge in [-0.25, -0.2) is 0 Å². The molecule has 18 heavy (non-hydrogen) atoms. The molecular formula is C14H12N2O2. The number of hydrogen-bond acceptors (Lipinski definition) is 3. The van der Waals surface area contributed by atoms with Crippen LogP contribution in [0, 0.1) is 18.3 Å². The minimum atomic E-state index is -0.356. The molecular weight excluding hydrogens is 228 g/mol. The van der Waals surface area contributed by atoms with Gasteiger partial charge in [-0.1, -0.05) is 24.3 Å². The van der Waals surface area contributed by atoms with Crippen LogP contribution in [0.5, 0.6) is 5.75 Å². The zero-order chi connectivity index (χ0) is 13.1. The molecule has 0 atom stereocenters. The third-order valence-electron chi connectivity index (χ3n) is 2.75. The molecule has 0 radical (unpaired) electrons. The maximum atomic E-state index is 11.4. The summed E-state index contributed by atoms with van der Waals surface area (Å²) >= 11 is 0.